The normalized spacial score (nSPS) is 21.3. The Morgan fingerprint density at radius 3 is 3.13 bits per heavy atom. The Kier molecular flexibility index (Phi) is 6.80. The van der Waals surface area contributed by atoms with Crippen LogP contribution in [0.25, 0.3) is 0 Å². The van der Waals surface area contributed by atoms with Crippen LogP contribution in [0.1, 0.15) is 12.8 Å². The molecule has 1 aliphatic heterocycles. The zero-order chi connectivity index (χ0) is 10.9. The molecule has 0 aliphatic carbocycles. The highest BCUT2D eigenvalue weighted by Gasteiger charge is 2.15. The van der Waals surface area contributed by atoms with Gasteiger partial charge >= 0.3 is 0 Å². The van der Waals surface area contributed by atoms with Crippen LogP contribution in [0.2, 0.25) is 0 Å². The highest BCUT2D eigenvalue weighted by atomic mass is 32.2. The van der Waals surface area contributed by atoms with Crippen LogP contribution in [-0.4, -0.2) is 50.3 Å². The lowest BCUT2D eigenvalue weighted by Crippen LogP contribution is -2.43. The van der Waals surface area contributed by atoms with E-state index >= 15 is 0 Å². The number of carbonyl (C=O) groups is 1. The Bertz CT molecular complexity index is 184. The SMILES string of the molecule is COCCNCC(=O)NC1CCCSC1. The molecule has 1 atom stereocenters. The second-order valence-corrected chi connectivity index (χ2v) is 4.80. The molecule has 88 valence electrons. The Morgan fingerprint density at radius 2 is 2.47 bits per heavy atom. The lowest BCUT2D eigenvalue weighted by Gasteiger charge is -2.22. The van der Waals surface area contributed by atoms with Gasteiger partial charge in [-0.05, 0) is 18.6 Å². The first-order valence-electron chi connectivity index (χ1n) is 5.39. The quantitative estimate of drug-likeness (QED) is 0.644. The Morgan fingerprint density at radius 1 is 1.60 bits per heavy atom. The summed E-state index contributed by atoms with van der Waals surface area (Å²) >= 11 is 1.92. The molecule has 0 aromatic heterocycles. The number of methoxy groups -OCH3 is 1. The largest absolute Gasteiger partial charge is 0.383 e. The van der Waals surface area contributed by atoms with Crippen molar-refractivity contribution in [1.29, 1.82) is 0 Å². The van der Waals surface area contributed by atoms with Gasteiger partial charge in [-0.25, -0.2) is 0 Å². The fourth-order valence-electron chi connectivity index (χ4n) is 1.51. The first-order valence-corrected chi connectivity index (χ1v) is 6.55. The molecule has 1 aliphatic rings. The molecule has 0 saturated carbocycles. The van der Waals surface area contributed by atoms with Gasteiger partial charge in [0.05, 0.1) is 13.2 Å². The number of rotatable bonds is 6. The standard InChI is InChI=1S/C10H20N2O2S/c1-14-5-4-11-7-10(13)12-9-3-2-6-15-8-9/h9,11H,2-8H2,1H3,(H,12,13). The van der Waals surface area contributed by atoms with Gasteiger partial charge in [0.25, 0.3) is 0 Å². The third-order valence-electron chi connectivity index (χ3n) is 2.29. The molecule has 2 N–H and O–H groups in total. The number of ether oxygens (including phenoxy) is 1. The number of hydrogen-bond donors (Lipinski definition) is 2. The van der Waals surface area contributed by atoms with Crippen molar-refractivity contribution < 1.29 is 9.53 Å². The van der Waals surface area contributed by atoms with Gasteiger partial charge < -0.3 is 15.4 Å². The van der Waals surface area contributed by atoms with Gasteiger partial charge in [-0.15, -0.1) is 0 Å². The van der Waals surface area contributed by atoms with Gasteiger partial charge in [-0.2, -0.15) is 11.8 Å². The molecule has 4 nitrogen and oxygen atoms in total. The van der Waals surface area contributed by atoms with Crippen molar-refractivity contribution in [3.63, 3.8) is 0 Å². The summed E-state index contributed by atoms with van der Waals surface area (Å²) < 4.78 is 4.88. The third-order valence-corrected chi connectivity index (χ3v) is 3.51. The van der Waals surface area contributed by atoms with Crippen molar-refractivity contribution in [2.24, 2.45) is 0 Å². The van der Waals surface area contributed by atoms with E-state index in [1.54, 1.807) is 7.11 Å². The van der Waals surface area contributed by atoms with E-state index < -0.39 is 0 Å². The molecule has 0 spiro atoms. The summed E-state index contributed by atoms with van der Waals surface area (Å²) in [6.07, 6.45) is 2.34. The molecule has 15 heavy (non-hydrogen) atoms. The molecule has 1 rings (SSSR count). The molecule has 0 aromatic rings. The second kappa shape index (κ2) is 7.96. The van der Waals surface area contributed by atoms with Crippen LogP contribution < -0.4 is 10.6 Å². The number of hydrogen-bond acceptors (Lipinski definition) is 4. The predicted octanol–water partition coefficient (Wildman–Crippen LogP) is 0.234. The van der Waals surface area contributed by atoms with E-state index in [1.807, 2.05) is 11.8 Å². The van der Waals surface area contributed by atoms with E-state index in [-0.39, 0.29) is 5.91 Å². The van der Waals surface area contributed by atoms with Gasteiger partial charge in [0.15, 0.2) is 0 Å². The fourth-order valence-corrected chi connectivity index (χ4v) is 2.58. The summed E-state index contributed by atoms with van der Waals surface area (Å²) in [5, 5.41) is 6.06. The van der Waals surface area contributed by atoms with Crippen LogP contribution in [0.5, 0.6) is 0 Å². The minimum absolute atomic E-state index is 0.0959. The topological polar surface area (TPSA) is 50.4 Å². The molecule has 5 heteroatoms. The predicted molar refractivity (Wildman–Crippen MR) is 63.2 cm³/mol. The average Bonchev–Trinajstić information content (AvgIpc) is 2.26. The number of carbonyl (C=O) groups excluding carboxylic acids is 1. The zero-order valence-corrected chi connectivity index (χ0v) is 10.1. The molecule has 1 saturated heterocycles. The smallest absolute Gasteiger partial charge is 0.234 e. The molecule has 0 aromatic carbocycles. The summed E-state index contributed by atoms with van der Waals surface area (Å²) in [5.41, 5.74) is 0. The van der Waals surface area contributed by atoms with Crippen LogP contribution in [0, 0.1) is 0 Å². The Hall–Kier alpha value is -0.260. The molecule has 1 unspecified atom stereocenters. The maximum absolute atomic E-state index is 11.5. The van der Waals surface area contributed by atoms with Crippen LogP contribution >= 0.6 is 11.8 Å². The van der Waals surface area contributed by atoms with E-state index in [1.165, 1.54) is 12.2 Å². The van der Waals surface area contributed by atoms with Crippen molar-refractivity contribution in [3.8, 4) is 0 Å². The maximum Gasteiger partial charge on any atom is 0.234 e. The van der Waals surface area contributed by atoms with Crippen molar-refractivity contribution >= 4 is 17.7 Å². The minimum Gasteiger partial charge on any atom is -0.383 e. The van der Waals surface area contributed by atoms with E-state index in [9.17, 15) is 4.79 Å². The molecule has 1 amide bonds. The van der Waals surface area contributed by atoms with Crippen LogP contribution in [-0.2, 0) is 9.53 Å². The van der Waals surface area contributed by atoms with Crippen molar-refractivity contribution in [3.05, 3.63) is 0 Å². The van der Waals surface area contributed by atoms with E-state index in [0.29, 0.717) is 19.2 Å². The second-order valence-electron chi connectivity index (χ2n) is 3.65. The first-order chi connectivity index (χ1) is 7.33. The molecule has 1 fully saturated rings. The van der Waals surface area contributed by atoms with Crippen molar-refractivity contribution in [2.75, 3.05) is 38.3 Å². The van der Waals surface area contributed by atoms with E-state index in [2.05, 4.69) is 10.6 Å². The number of nitrogens with one attached hydrogen (secondary N) is 2. The Balaban J connectivity index is 2.01. The zero-order valence-electron chi connectivity index (χ0n) is 9.25. The summed E-state index contributed by atoms with van der Waals surface area (Å²) in [6, 6.07) is 0.375. The molecular weight excluding hydrogens is 212 g/mol. The number of amides is 1. The van der Waals surface area contributed by atoms with Crippen molar-refractivity contribution in [2.45, 2.75) is 18.9 Å². The van der Waals surface area contributed by atoms with Crippen molar-refractivity contribution in [1.82, 2.24) is 10.6 Å². The highest BCUT2D eigenvalue weighted by Crippen LogP contribution is 2.16. The average molecular weight is 232 g/mol. The molecule has 0 radical (unpaired) electrons. The highest BCUT2D eigenvalue weighted by molar-refractivity contribution is 7.99. The summed E-state index contributed by atoms with van der Waals surface area (Å²) in [7, 11) is 1.65. The monoisotopic (exact) mass is 232 g/mol. The number of thioether (sulfide) groups is 1. The summed E-state index contributed by atoms with van der Waals surface area (Å²) in [4.78, 5) is 11.5. The first kappa shape index (κ1) is 12.8. The van der Waals surface area contributed by atoms with E-state index in [4.69, 9.17) is 4.74 Å². The minimum atomic E-state index is 0.0959. The van der Waals surface area contributed by atoms with Crippen LogP contribution in [0.15, 0.2) is 0 Å². The molecule has 1 heterocycles. The maximum atomic E-state index is 11.5. The van der Waals surface area contributed by atoms with Crippen LogP contribution in [0.4, 0.5) is 0 Å². The third kappa shape index (κ3) is 6.02. The Labute approximate surface area is 95.5 Å². The summed E-state index contributed by atoms with van der Waals surface area (Å²) in [5.74, 6) is 2.39. The lowest BCUT2D eigenvalue weighted by molar-refractivity contribution is -0.120. The van der Waals surface area contributed by atoms with Gasteiger partial charge in [0.1, 0.15) is 0 Å². The van der Waals surface area contributed by atoms with Gasteiger partial charge in [0.2, 0.25) is 5.91 Å². The molecule has 0 bridgehead atoms. The van der Waals surface area contributed by atoms with Gasteiger partial charge in [-0.3, -0.25) is 4.79 Å². The lowest BCUT2D eigenvalue weighted by atomic mass is 10.2. The van der Waals surface area contributed by atoms with E-state index in [0.717, 1.165) is 18.7 Å². The summed E-state index contributed by atoms with van der Waals surface area (Å²) in [6.45, 7) is 1.76. The van der Waals surface area contributed by atoms with Gasteiger partial charge in [0, 0.05) is 25.4 Å². The van der Waals surface area contributed by atoms with Gasteiger partial charge in [-0.1, -0.05) is 0 Å². The molecular formula is C10H20N2O2S. The van der Waals surface area contributed by atoms with Crippen LogP contribution in [0.3, 0.4) is 0 Å². The fraction of sp³-hybridized carbons (Fsp3) is 0.900.